The third kappa shape index (κ3) is 6.48. The van der Waals surface area contributed by atoms with Crippen molar-refractivity contribution in [3.8, 4) is 0 Å². The summed E-state index contributed by atoms with van der Waals surface area (Å²) in [5, 5.41) is 0. The van der Waals surface area contributed by atoms with Crippen LogP contribution in [0.15, 0.2) is 55.6 Å². The molecule has 132 valence electrons. The molecule has 0 aliphatic carbocycles. The number of hydrogen-bond acceptors (Lipinski definition) is 2. The fraction of sp³-hybridized carbons (Fsp3) is 0.389. The first-order valence-corrected chi connectivity index (χ1v) is 7.66. The van der Waals surface area contributed by atoms with Gasteiger partial charge in [0.2, 0.25) is 0 Å². The van der Waals surface area contributed by atoms with E-state index in [1.165, 1.54) is 0 Å². The highest BCUT2D eigenvalue weighted by atomic mass is 19.4. The van der Waals surface area contributed by atoms with Gasteiger partial charge in [0.1, 0.15) is 12.6 Å². The summed E-state index contributed by atoms with van der Waals surface area (Å²) in [4.78, 5) is 12.9. The number of hydrogen-bond donors (Lipinski definition) is 0. The van der Waals surface area contributed by atoms with Gasteiger partial charge < -0.3 is 4.74 Å². The van der Waals surface area contributed by atoms with E-state index in [9.17, 15) is 18.0 Å². The maximum Gasteiger partial charge on any atom is 0.410 e. The average molecular weight is 341 g/mol. The highest BCUT2D eigenvalue weighted by Gasteiger charge is 2.44. The third-order valence-electron chi connectivity index (χ3n) is 3.39. The number of carbonyl (C=O) groups is 1. The standard InChI is InChI=1S/C18H22F3NO2/c1-3-5-9-13-22(16(10-4-2)18(19,20)21)17(23)24-14-15-11-7-6-8-12-15/h3-4,6-8,11-12,16H,1-2,5,9-10,13-14H2. The van der Waals surface area contributed by atoms with Gasteiger partial charge in [0, 0.05) is 6.54 Å². The minimum absolute atomic E-state index is 0.0579. The Hall–Kier alpha value is -2.24. The second-order valence-electron chi connectivity index (χ2n) is 5.25. The molecular weight excluding hydrogens is 319 g/mol. The average Bonchev–Trinajstić information content (AvgIpc) is 2.55. The summed E-state index contributed by atoms with van der Waals surface area (Å²) in [6, 6.07) is 6.86. The van der Waals surface area contributed by atoms with E-state index in [4.69, 9.17) is 4.74 Å². The van der Waals surface area contributed by atoms with Crippen molar-refractivity contribution in [2.45, 2.75) is 38.1 Å². The van der Waals surface area contributed by atoms with Crippen molar-refractivity contribution in [2.24, 2.45) is 0 Å². The van der Waals surface area contributed by atoms with Crippen molar-refractivity contribution >= 4 is 6.09 Å². The Morgan fingerprint density at radius 3 is 2.42 bits per heavy atom. The molecule has 0 aliphatic heterocycles. The van der Waals surface area contributed by atoms with Crippen LogP contribution >= 0.6 is 0 Å². The van der Waals surface area contributed by atoms with Crippen LogP contribution in [0.25, 0.3) is 0 Å². The molecule has 0 radical (unpaired) electrons. The molecule has 0 heterocycles. The first-order valence-electron chi connectivity index (χ1n) is 7.66. The number of nitrogens with zero attached hydrogens (tertiary/aromatic N) is 1. The molecule has 1 rings (SSSR count). The first-order chi connectivity index (χ1) is 11.4. The quantitative estimate of drug-likeness (QED) is 0.462. The molecular formula is C18H22F3NO2. The van der Waals surface area contributed by atoms with Gasteiger partial charge in [-0.1, -0.05) is 42.5 Å². The van der Waals surface area contributed by atoms with Crippen LogP contribution in [0.3, 0.4) is 0 Å². The van der Waals surface area contributed by atoms with Crippen LogP contribution in [0.2, 0.25) is 0 Å². The second-order valence-corrected chi connectivity index (χ2v) is 5.25. The highest BCUT2D eigenvalue weighted by molar-refractivity contribution is 5.68. The van der Waals surface area contributed by atoms with Gasteiger partial charge in [-0.05, 0) is 24.8 Å². The second kappa shape index (κ2) is 9.80. The summed E-state index contributed by atoms with van der Waals surface area (Å²) < 4.78 is 44.9. The van der Waals surface area contributed by atoms with Crippen molar-refractivity contribution in [3.63, 3.8) is 0 Å². The lowest BCUT2D eigenvalue weighted by Crippen LogP contribution is -2.49. The van der Waals surface area contributed by atoms with Crippen LogP contribution in [-0.4, -0.2) is 29.8 Å². The maximum absolute atomic E-state index is 13.3. The zero-order chi connectivity index (χ0) is 18.0. The monoisotopic (exact) mass is 341 g/mol. The van der Waals surface area contributed by atoms with E-state index in [2.05, 4.69) is 13.2 Å². The summed E-state index contributed by atoms with van der Waals surface area (Å²) >= 11 is 0. The molecule has 1 amide bonds. The van der Waals surface area contributed by atoms with E-state index in [0.29, 0.717) is 18.4 Å². The molecule has 0 spiro atoms. The Kier molecular flexibility index (Phi) is 8.09. The first kappa shape index (κ1) is 19.8. The Bertz CT molecular complexity index is 529. The molecule has 3 nitrogen and oxygen atoms in total. The number of benzene rings is 1. The Morgan fingerprint density at radius 1 is 1.21 bits per heavy atom. The van der Waals surface area contributed by atoms with E-state index in [1.807, 2.05) is 0 Å². The van der Waals surface area contributed by atoms with Gasteiger partial charge in [0.25, 0.3) is 0 Å². The van der Waals surface area contributed by atoms with Crippen LogP contribution in [0.5, 0.6) is 0 Å². The van der Waals surface area contributed by atoms with E-state index in [1.54, 1.807) is 36.4 Å². The van der Waals surface area contributed by atoms with Gasteiger partial charge >= 0.3 is 12.3 Å². The predicted octanol–water partition coefficient (Wildman–Crippen LogP) is 5.10. The molecule has 0 saturated carbocycles. The van der Waals surface area contributed by atoms with Crippen molar-refractivity contribution in [1.29, 1.82) is 0 Å². The van der Waals surface area contributed by atoms with Gasteiger partial charge in [0.05, 0.1) is 0 Å². The van der Waals surface area contributed by atoms with Gasteiger partial charge in [-0.15, -0.1) is 13.2 Å². The largest absolute Gasteiger partial charge is 0.445 e. The van der Waals surface area contributed by atoms with Crippen LogP contribution < -0.4 is 0 Å². The van der Waals surface area contributed by atoms with E-state index in [-0.39, 0.29) is 19.6 Å². The summed E-state index contributed by atoms with van der Waals surface area (Å²) in [6.45, 7) is 6.76. The van der Waals surface area contributed by atoms with E-state index < -0.39 is 18.3 Å². The number of rotatable bonds is 9. The summed E-state index contributed by atoms with van der Waals surface area (Å²) in [6.07, 6.45) is -2.25. The topological polar surface area (TPSA) is 29.5 Å². The minimum Gasteiger partial charge on any atom is -0.445 e. The molecule has 0 bridgehead atoms. The van der Waals surface area contributed by atoms with Crippen molar-refractivity contribution in [1.82, 2.24) is 4.90 Å². The number of ether oxygens (including phenoxy) is 1. The van der Waals surface area contributed by atoms with Crippen LogP contribution in [0.1, 0.15) is 24.8 Å². The third-order valence-corrected chi connectivity index (χ3v) is 3.39. The molecule has 1 unspecified atom stereocenters. The number of alkyl halides is 3. The fourth-order valence-electron chi connectivity index (χ4n) is 2.18. The fourth-order valence-corrected chi connectivity index (χ4v) is 2.18. The molecule has 1 aromatic carbocycles. The van der Waals surface area contributed by atoms with Crippen LogP contribution in [0, 0.1) is 0 Å². The molecule has 0 aromatic heterocycles. The molecule has 1 atom stereocenters. The maximum atomic E-state index is 13.3. The summed E-state index contributed by atoms with van der Waals surface area (Å²) in [7, 11) is 0. The lowest BCUT2D eigenvalue weighted by Gasteiger charge is -2.31. The molecule has 24 heavy (non-hydrogen) atoms. The number of carbonyl (C=O) groups excluding carboxylic acids is 1. The Labute approximate surface area is 140 Å². The summed E-state index contributed by atoms with van der Waals surface area (Å²) in [5.41, 5.74) is 0.712. The lowest BCUT2D eigenvalue weighted by molar-refractivity contribution is -0.178. The molecule has 0 fully saturated rings. The molecule has 6 heteroatoms. The van der Waals surface area contributed by atoms with Crippen LogP contribution in [-0.2, 0) is 11.3 Å². The number of halogens is 3. The van der Waals surface area contributed by atoms with E-state index >= 15 is 0 Å². The number of amides is 1. The molecule has 1 aromatic rings. The number of allylic oxidation sites excluding steroid dienone is 1. The van der Waals surface area contributed by atoms with Crippen molar-refractivity contribution < 1.29 is 22.7 Å². The Balaban J connectivity index is 2.83. The molecule has 0 saturated heterocycles. The van der Waals surface area contributed by atoms with Gasteiger partial charge in [0.15, 0.2) is 0 Å². The smallest absolute Gasteiger partial charge is 0.410 e. The molecule has 0 aliphatic rings. The minimum atomic E-state index is -4.55. The normalized spacial score (nSPS) is 12.3. The van der Waals surface area contributed by atoms with Gasteiger partial charge in [-0.3, -0.25) is 4.90 Å². The SMILES string of the molecule is C=CCCCN(C(=O)OCc1ccccc1)C(CC=C)C(F)(F)F. The van der Waals surface area contributed by atoms with Crippen LogP contribution in [0.4, 0.5) is 18.0 Å². The van der Waals surface area contributed by atoms with Crippen molar-refractivity contribution in [3.05, 3.63) is 61.2 Å². The van der Waals surface area contributed by atoms with Gasteiger partial charge in [-0.25, -0.2) is 4.79 Å². The molecule has 0 N–H and O–H groups in total. The predicted molar refractivity (Wildman–Crippen MR) is 87.4 cm³/mol. The highest BCUT2D eigenvalue weighted by Crippen LogP contribution is 2.28. The van der Waals surface area contributed by atoms with Crippen molar-refractivity contribution in [2.75, 3.05) is 6.54 Å². The zero-order valence-electron chi connectivity index (χ0n) is 13.5. The summed E-state index contributed by atoms with van der Waals surface area (Å²) in [5.74, 6) is 0. The lowest BCUT2D eigenvalue weighted by atomic mass is 10.1. The van der Waals surface area contributed by atoms with E-state index in [0.717, 1.165) is 11.0 Å². The Morgan fingerprint density at radius 2 is 1.88 bits per heavy atom. The van der Waals surface area contributed by atoms with Gasteiger partial charge in [-0.2, -0.15) is 13.2 Å². The zero-order valence-corrected chi connectivity index (χ0v) is 13.5. The number of unbranched alkanes of at least 4 members (excludes halogenated alkanes) is 1.